The molecule has 0 aliphatic carbocycles. The summed E-state index contributed by atoms with van der Waals surface area (Å²) in [6, 6.07) is 7.35. The smallest absolute Gasteiger partial charge is 0.176 e. The molecule has 0 aliphatic heterocycles. The van der Waals surface area contributed by atoms with E-state index in [0.717, 1.165) is 23.6 Å². The number of likely N-dealkylation sites (N-methyl/N-ethyl adjacent to an activating group) is 1. The maximum atomic E-state index is 12.0. The molecule has 0 N–H and O–H groups in total. The standard InChI is InChI=1S/C14H21NO2S/c1-4-17-13-7-5-12(6-8-13)14(16)11-15(2)9-10-18-3/h5-8H,4,9-11H2,1-3H3. The largest absolute Gasteiger partial charge is 0.494 e. The lowest BCUT2D eigenvalue weighted by molar-refractivity contribution is 0.0949. The van der Waals surface area contributed by atoms with Crippen molar-refractivity contribution in [3.63, 3.8) is 0 Å². The number of benzene rings is 1. The lowest BCUT2D eigenvalue weighted by atomic mass is 10.1. The van der Waals surface area contributed by atoms with E-state index in [0.29, 0.717) is 13.2 Å². The molecule has 0 aliphatic rings. The van der Waals surface area contributed by atoms with Crippen LogP contribution >= 0.6 is 11.8 Å². The van der Waals surface area contributed by atoms with Crippen molar-refractivity contribution >= 4 is 17.5 Å². The molecule has 0 amide bonds. The van der Waals surface area contributed by atoms with Crippen LogP contribution in [0.2, 0.25) is 0 Å². The molecule has 1 aromatic carbocycles. The summed E-state index contributed by atoms with van der Waals surface area (Å²) in [7, 11) is 1.97. The van der Waals surface area contributed by atoms with E-state index in [2.05, 4.69) is 11.2 Å². The third-order valence-electron chi connectivity index (χ3n) is 2.58. The average molecular weight is 267 g/mol. The Morgan fingerprint density at radius 2 is 2.00 bits per heavy atom. The van der Waals surface area contributed by atoms with Gasteiger partial charge in [0.15, 0.2) is 5.78 Å². The van der Waals surface area contributed by atoms with E-state index in [4.69, 9.17) is 4.74 Å². The first-order chi connectivity index (χ1) is 8.67. The van der Waals surface area contributed by atoms with E-state index in [1.165, 1.54) is 0 Å². The van der Waals surface area contributed by atoms with E-state index in [1.807, 2.05) is 38.2 Å². The Morgan fingerprint density at radius 3 is 2.56 bits per heavy atom. The van der Waals surface area contributed by atoms with Crippen molar-refractivity contribution < 1.29 is 9.53 Å². The zero-order valence-electron chi connectivity index (χ0n) is 11.3. The fraction of sp³-hybridized carbons (Fsp3) is 0.500. The molecule has 4 heteroatoms. The molecule has 1 aromatic rings. The predicted octanol–water partition coefficient (Wildman–Crippen LogP) is 2.56. The summed E-state index contributed by atoms with van der Waals surface area (Å²) in [4.78, 5) is 14.0. The number of hydrogen-bond donors (Lipinski definition) is 0. The summed E-state index contributed by atoms with van der Waals surface area (Å²) in [6.07, 6.45) is 2.07. The van der Waals surface area contributed by atoms with Gasteiger partial charge in [0, 0.05) is 17.9 Å². The fourth-order valence-electron chi connectivity index (χ4n) is 1.57. The summed E-state index contributed by atoms with van der Waals surface area (Å²) < 4.78 is 5.35. The monoisotopic (exact) mass is 267 g/mol. The van der Waals surface area contributed by atoms with E-state index >= 15 is 0 Å². The lowest BCUT2D eigenvalue weighted by Gasteiger charge is -2.14. The summed E-state index contributed by atoms with van der Waals surface area (Å²) in [5.74, 6) is 2.01. The maximum Gasteiger partial charge on any atom is 0.176 e. The second-order valence-electron chi connectivity index (χ2n) is 4.11. The van der Waals surface area contributed by atoms with Gasteiger partial charge in [-0.25, -0.2) is 0 Å². The van der Waals surface area contributed by atoms with Gasteiger partial charge in [-0.05, 0) is 44.5 Å². The van der Waals surface area contributed by atoms with Crippen molar-refractivity contribution in [1.82, 2.24) is 4.90 Å². The summed E-state index contributed by atoms with van der Waals surface area (Å²) >= 11 is 1.79. The number of carbonyl (C=O) groups excluding carboxylic acids is 1. The number of hydrogen-bond acceptors (Lipinski definition) is 4. The Balaban J connectivity index is 2.50. The average Bonchev–Trinajstić information content (AvgIpc) is 2.37. The predicted molar refractivity (Wildman–Crippen MR) is 77.8 cm³/mol. The van der Waals surface area contributed by atoms with E-state index in [9.17, 15) is 4.79 Å². The number of Topliss-reactive ketones (excluding diaryl/α,β-unsaturated/α-hetero) is 1. The first-order valence-electron chi connectivity index (χ1n) is 6.11. The normalized spacial score (nSPS) is 10.7. The van der Waals surface area contributed by atoms with Gasteiger partial charge >= 0.3 is 0 Å². The lowest BCUT2D eigenvalue weighted by Crippen LogP contribution is -2.28. The molecule has 0 atom stereocenters. The summed E-state index contributed by atoms with van der Waals surface area (Å²) in [5, 5.41) is 0. The SMILES string of the molecule is CCOc1ccc(C(=O)CN(C)CCSC)cc1. The third kappa shape index (κ3) is 5.10. The molecule has 18 heavy (non-hydrogen) atoms. The molecule has 100 valence electrons. The van der Waals surface area contributed by atoms with Crippen LogP contribution in [0.4, 0.5) is 0 Å². The minimum Gasteiger partial charge on any atom is -0.494 e. The van der Waals surface area contributed by atoms with Crippen molar-refractivity contribution in [1.29, 1.82) is 0 Å². The van der Waals surface area contributed by atoms with Crippen molar-refractivity contribution in [2.45, 2.75) is 6.92 Å². The van der Waals surface area contributed by atoms with Crippen LogP contribution in [0.1, 0.15) is 17.3 Å². The van der Waals surface area contributed by atoms with Gasteiger partial charge in [0.1, 0.15) is 5.75 Å². The van der Waals surface area contributed by atoms with Crippen LogP contribution in [0.5, 0.6) is 5.75 Å². The zero-order chi connectivity index (χ0) is 13.4. The molecule has 1 rings (SSSR count). The van der Waals surface area contributed by atoms with E-state index in [-0.39, 0.29) is 5.78 Å². The Morgan fingerprint density at radius 1 is 1.33 bits per heavy atom. The highest BCUT2D eigenvalue weighted by molar-refractivity contribution is 7.98. The zero-order valence-corrected chi connectivity index (χ0v) is 12.1. The molecule has 0 spiro atoms. The first-order valence-corrected chi connectivity index (χ1v) is 7.50. The van der Waals surface area contributed by atoms with Crippen LogP contribution in [0, 0.1) is 0 Å². The summed E-state index contributed by atoms with van der Waals surface area (Å²) in [6.45, 7) is 3.99. The Kier molecular flexibility index (Phi) is 6.83. The van der Waals surface area contributed by atoms with E-state index in [1.54, 1.807) is 11.8 Å². The minimum absolute atomic E-state index is 0.154. The molecular formula is C14H21NO2S. The number of ketones is 1. The van der Waals surface area contributed by atoms with Gasteiger partial charge in [-0.1, -0.05) is 0 Å². The van der Waals surface area contributed by atoms with Crippen molar-refractivity contribution in [2.24, 2.45) is 0 Å². The van der Waals surface area contributed by atoms with Gasteiger partial charge < -0.3 is 4.74 Å². The molecule has 0 bridgehead atoms. The molecule has 0 unspecified atom stereocenters. The molecule has 0 radical (unpaired) electrons. The first kappa shape index (κ1) is 15.1. The van der Waals surface area contributed by atoms with Crippen molar-refractivity contribution in [3.05, 3.63) is 29.8 Å². The minimum atomic E-state index is 0.154. The summed E-state index contributed by atoms with van der Waals surface area (Å²) in [5.41, 5.74) is 0.745. The van der Waals surface area contributed by atoms with E-state index < -0.39 is 0 Å². The quantitative estimate of drug-likeness (QED) is 0.677. The highest BCUT2D eigenvalue weighted by atomic mass is 32.2. The van der Waals surface area contributed by atoms with Crippen molar-refractivity contribution in [2.75, 3.05) is 38.8 Å². The maximum absolute atomic E-state index is 12.0. The van der Waals surface area contributed by atoms with Gasteiger partial charge in [-0.2, -0.15) is 11.8 Å². The van der Waals surface area contributed by atoms with Crippen LogP contribution in [0.15, 0.2) is 24.3 Å². The number of nitrogens with zero attached hydrogens (tertiary/aromatic N) is 1. The highest BCUT2D eigenvalue weighted by Crippen LogP contribution is 2.12. The molecular weight excluding hydrogens is 246 g/mol. The Bertz CT molecular complexity index is 365. The molecule has 0 fully saturated rings. The fourth-order valence-corrected chi connectivity index (χ4v) is 2.06. The number of thioether (sulfide) groups is 1. The number of rotatable bonds is 8. The number of ether oxygens (including phenoxy) is 1. The van der Waals surface area contributed by atoms with Gasteiger partial charge in [-0.15, -0.1) is 0 Å². The van der Waals surface area contributed by atoms with Gasteiger partial charge in [0.25, 0.3) is 0 Å². The molecule has 0 aromatic heterocycles. The van der Waals surface area contributed by atoms with Crippen LogP contribution in [0.25, 0.3) is 0 Å². The van der Waals surface area contributed by atoms with Gasteiger partial charge in [0.05, 0.1) is 13.2 Å². The van der Waals surface area contributed by atoms with Crippen molar-refractivity contribution in [3.8, 4) is 5.75 Å². The molecule has 0 heterocycles. The highest BCUT2D eigenvalue weighted by Gasteiger charge is 2.09. The molecule has 0 saturated carbocycles. The second kappa shape index (κ2) is 8.16. The topological polar surface area (TPSA) is 29.5 Å². The third-order valence-corrected chi connectivity index (χ3v) is 3.17. The second-order valence-corrected chi connectivity index (χ2v) is 5.10. The van der Waals surface area contributed by atoms with Crippen LogP contribution < -0.4 is 4.74 Å². The van der Waals surface area contributed by atoms with Crippen LogP contribution in [0.3, 0.4) is 0 Å². The van der Waals surface area contributed by atoms with Gasteiger partial charge in [0.2, 0.25) is 0 Å². The van der Waals surface area contributed by atoms with Crippen LogP contribution in [-0.2, 0) is 0 Å². The molecule has 3 nitrogen and oxygen atoms in total. The molecule has 0 saturated heterocycles. The number of carbonyl (C=O) groups is 1. The Hall–Kier alpha value is -1.00. The van der Waals surface area contributed by atoms with Crippen LogP contribution in [-0.4, -0.2) is 49.4 Å². The Labute approximate surface area is 114 Å². The van der Waals surface area contributed by atoms with Gasteiger partial charge in [-0.3, -0.25) is 9.69 Å².